The molecule has 3 rings (SSSR count). The SMILES string of the molecule is Cc1ccc(C2(C)CC(=O)N(CCc3csc(C)n3)C2=O)cc1. The van der Waals surface area contributed by atoms with Crippen LogP contribution in [0.5, 0.6) is 0 Å². The summed E-state index contributed by atoms with van der Waals surface area (Å²) >= 11 is 1.59. The number of hydrogen-bond donors (Lipinski definition) is 0. The largest absolute Gasteiger partial charge is 0.281 e. The van der Waals surface area contributed by atoms with E-state index in [1.54, 1.807) is 11.3 Å². The van der Waals surface area contributed by atoms with E-state index in [1.165, 1.54) is 4.90 Å². The van der Waals surface area contributed by atoms with Gasteiger partial charge < -0.3 is 0 Å². The van der Waals surface area contributed by atoms with Crippen molar-refractivity contribution in [3.63, 3.8) is 0 Å². The maximum atomic E-state index is 12.8. The molecule has 0 radical (unpaired) electrons. The first-order valence-electron chi connectivity index (χ1n) is 7.73. The number of carbonyl (C=O) groups excluding carboxylic acids is 2. The molecule has 2 amide bonds. The Hall–Kier alpha value is -2.01. The highest BCUT2D eigenvalue weighted by atomic mass is 32.1. The van der Waals surface area contributed by atoms with Gasteiger partial charge in [-0.05, 0) is 26.3 Å². The summed E-state index contributed by atoms with van der Waals surface area (Å²) in [7, 11) is 0. The summed E-state index contributed by atoms with van der Waals surface area (Å²) in [5, 5.41) is 2.99. The van der Waals surface area contributed by atoms with Crippen LogP contribution in [0.25, 0.3) is 0 Å². The zero-order valence-corrected chi connectivity index (χ0v) is 14.4. The van der Waals surface area contributed by atoms with Gasteiger partial charge in [0.2, 0.25) is 11.8 Å². The van der Waals surface area contributed by atoms with Crippen molar-refractivity contribution in [3.8, 4) is 0 Å². The van der Waals surface area contributed by atoms with E-state index in [-0.39, 0.29) is 18.2 Å². The Morgan fingerprint density at radius 1 is 1.22 bits per heavy atom. The lowest BCUT2D eigenvalue weighted by atomic mass is 9.81. The molecule has 2 heterocycles. The predicted octanol–water partition coefficient (Wildman–Crippen LogP) is 3.02. The molecule has 23 heavy (non-hydrogen) atoms. The topological polar surface area (TPSA) is 50.3 Å². The van der Waals surface area contributed by atoms with Crippen molar-refractivity contribution in [2.75, 3.05) is 6.54 Å². The van der Waals surface area contributed by atoms with Crippen molar-refractivity contribution in [1.82, 2.24) is 9.88 Å². The average Bonchev–Trinajstić information content (AvgIpc) is 3.01. The molecule has 5 heteroatoms. The van der Waals surface area contributed by atoms with Crippen LogP contribution in [-0.4, -0.2) is 28.2 Å². The molecular formula is C18H20N2O2S. The molecule has 1 fully saturated rings. The van der Waals surface area contributed by atoms with Gasteiger partial charge in [-0.25, -0.2) is 4.98 Å². The van der Waals surface area contributed by atoms with Crippen molar-refractivity contribution in [2.24, 2.45) is 0 Å². The highest BCUT2D eigenvalue weighted by molar-refractivity contribution is 7.09. The number of rotatable bonds is 4. The molecule has 1 aromatic carbocycles. The van der Waals surface area contributed by atoms with Crippen LogP contribution in [0.2, 0.25) is 0 Å². The van der Waals surface area contributed by atoms with Crippen molar-refractivity contribution >= 4 is 23.2 Å². The molecule has 2 aromatic rings. The van der Waals surface area contributed by atoms with Gasteiger partial charge in [0.1, 0.15) is 0 Å². The molecule has 1 aliphatic rings. The zero-order chi connectivity index (χ0) is 16.6. The Morgan fingerprint density at radius 2 is 1.91 bits per heavy atom. The number of imide groups is 1. The summed E-state index contributed by atoms with van der Waals surface area (Å²) in [5.41, 5.74) is 2.25. The predicted molar refractivity (Wildman–Crippen MR) is 90.4 cm³/mol. The third-order valence-electron chi connectivity index (χ3n) is 4.47. The highest BCUT2D eigenvalue weighted by Crippen LogP contribution is 2.36. The van der Waals surface area contributed by atoms with E-state index in [1.807, 2.05) is 50.4 Å². The molecule has 0 aliphatic carbocycles. The second kappa shape index (κ2) is 5.89. The number of benzene rings is 1. The lowest BCUT2D eigenvalue weighted by Gasteiger charge is -2.22. The van der Waals surface area contributed by atoms with Gasteiger partial charge >= 0.3 is 0 Å². The number of aromatic nitrogens is 1. The summed E-state index contributed by atoms with van der Waals surface area (Å²) in [5.74, 6) is -0.191. The van der Waals surface area contributed by atoms with Gasteiger partial charge in [0, 0.05) is 24.8 Å². The summed E-state index contributed by atoms with van der Waals surface area (Å²) < 4.78 is 0. The first-order valence-corrected chi connectivity index (χ1v) is 8.61. The van der Waals surface area contributed by atoms with Gasteiger partial charge in [-0.15, -0.1) is 11.3 Å². The van der Waals surface area contributed by atoms with Gasteiger partial charge in [0.25, 0.3) is 0 Å². The molecule has 1 aromatic heterocycles. The summed E-state index contributed by atoms with van der Waals surface area (Å²) in [4.78, 5) is 31.0. The van der Waals surface area contributed by atoms with Crippen LogP contribution in [0.15, 0.2) is 29.6 Å². The van der Waals surface area contributed by atoms with Crippen LogP contribution in [0.4, 0.5) is 0 Å². The smallest absolute Gasteiger partial charge is 0.240 e. The van der Waals surface area contributed by atoms with Crippen LogP contribution in [0, 0.1) is 13.8 Å². The fourth-order valence-corrected chi connectivity index (χ4v) is 3.65. The van der Waals surface area contributed by atoms with Crippen LogP contribution in [0.1, 0.15) is 35.2 Å². The third-order valence-corrected chi connectivity index (χ3v) is 5.29. The van der Waals surface area contributed by atoms with Crippen LogP contribution < -0.4 is 0 Å². The highest BCUT2D eigenvalue weighted by Gasteiger charge is 2.48. The Kier molecular flexibility index (Phi) is 4.06. The molecule has 120 valence electrons. The Balaban J connectivity index is 1.77. The molecule has 0 bridgehead atoms. The van der Waals surface area contributed by atoms with Crippen LogP contribution in [-0.2, 0) is 21.4 Å². The Labute approximate surface area is 140 Å². The molecular weight excluding hydrogens is 308 g/mol. The van der Waals surface area contributed by atoms with E-state index in [9.17, 15) is 9.59 Å². The number of aryl methyl sites for hydroxylation is 2. The van der Waals surface area contributed by atoms with Crippen molar-refractivity contribution in [2.45, 2.75) is 39.0 Å². The first-order chi connectivity index (χ1) is 10.9. The molecule has 0 N–H and O–H groups in total. The standard InChI is InChI=1S/C18H20N2O2S/c1-12-4-6-14(7-5-12)18(3)10-16(21)20(17(18)22)9-8-15-11-23-13(2)19-15/h4-7,11H,8-10H2,1-3H3. The Bertz CT molecular complexity index is 751. The number of nitrogens with zero attached hydrogens (tertiary/aromatic N) is 2. The van der Waals surface area contributed by atoms with Crippen LogP contribution >= 0.6 is 11.3 Å². The van der Waals surface area contributed by atoms with Gasteiger partial charge in [0.05, 0.1) is 16.1 Å². The molecule has 0 saturated carbocycles. The minimum absolute atomic E-state index is 0.0926. The second-order valence-corrected chi connectivity index (χ2v) is 7.40. The minimum Gasteiger partial charge on any atom is -0.281 e. The minimum atomic E-state index is -0.747. The lowest BCUT2D eigenvalue weighted by Crippen LogP contribution is -2.37. The van der Waals surface area contributed by atoms with E-state index in [0.717, 1.165) is 21.8 Å². The fraction of sp³-hybridized carbons (Fsp3) is 0.389. The summed E-state index contributed by atoms with van der Waals surface area (Å²) in [6, 6.07) is 7.87. The first kappa shape index (κ1) is 15.9. The van der Waals surface area contributed by atoms with E-state index >= 15 is 0 Å². The molecule has 1 saturated heterocycles. The van der Waals surface area contributed by atoms with Crippen molar-refractivity contribution in [3.05, 3.63) is 51.5 Å². The number of thiazole rings is 1. The maximum absolute atomic E-state index is 12.8. The summed E-state index contributed by atoms with van der Waals surface area (Å²) in [6.07, 6.45) is 0.858. The summed E-state index contributed by atoms with van der Waals surface area (Å²) in [6.45, 7) is 6.23. The van der Waals surface area contributed by atoms with Gasteiger partial charge in [0.15, 0.2) is 0 Å². The van der Waals surface area contributed by atoms with E-state index in [4.69, 9.17) is 0 Å². The quantitative estimate of drug-likeness (QED) is 0.811. The number of amides is 2. The number of hydrogen-bond acceptors (Lipinski definition) is 4. The monoisotopic (exact) mass is 328 g/mol. The Morgan fingerprint density at radius 3 is 2.52 bits per heavy atom. The second-order valence-electron chi connectivity index (χ2n) is 6.33. The van der Waals surface area contributed by atoms with E-state index < -0.39 is 5.41 Å². The van der Waals surface area contributed by atoms with Gasteiger partial charge in [-0.1, -0.05) is 29.8 Å². The molecule has 0 spiro atoms. The molecule has 1 unspecified atom stereocenters. The normalized spacial score (nSPS) is 21.3. The average molecular weight is 328 g/mol. The van der Waals surface area contributed by atoms with E-state index in [0.29, 0.717) is 13.0 Å². The number of carbonyl (C=O) groups is 2. The zero-order valence-electron chi connectivity index (χ0n) is 13.6. The van der Waals surface area contributed by atoms with Crippen LogP contribution in [0.3, 0.4) is 0 Å². The molecule has 1 atom stereocenters. The van der Waals surface area contributed by atoms with E-state index in [2.05, 4.69) is 4.98 Å². The van der Waals surface area contributed by atoms with Gasteiger partial charge in [-0.3, -0.25) is 14.5 Å². The fourth-order valence-electron chi connectivity index (χ4n) is 3.01. The maximum Gasteiger partial charge on any atom is 0.240 e. The molecule has 1 aliphatic heterocycles. The van der Waals surface area contributed by atoms with Gasteiger partial charge in [-0.2, -0.15) is 0 Å². The third kappa shape index (κ3) is 2.93. The lowest BCUT2D eigenvalue weighted by molar-refractivity contribution is -0.139. The number of likely N-dealkylation sites (tertiary alicyclic amines) is 1. The van der Waals surface area contributed by atoms with Crippen molar-refractivity contribution < 1.29 is 9.59 Å². The molecule has 4 nitrogen and oxygen atoms in total. The van der Waals surface area contributed by atoms with Crippen molar-refractivity contribution in [1.29, 1.82) is 0 Å².